The fourth-order valence-corrected chi connectivity index (χ4v) is 1.73. The van der Waals surface area contributed by atoms with E-state index in [9.17, 15) is 13.6 Å². The fourth-order valence-electron chi connectivity index (χ4n) is 1.54. The van der Waals surface area contributed by atoms with Gasteiger partial charge in [-0.1, -0.05) is 11.6 Å². The van der Waals surface area contributed by atoms with Gasteiger partial charge >= 0.3 is 6.09 Å². The Morgan fingerprint density at radius 3 is 2.68 bits per heavy atom. The van der Waals surface area contributed by atoms with Crippen molar-refractivity contribution in [2.75, 3.05) is 0 Å². The summed E-state index contributed by atoms with van der Waals surface area (Å²) in [7, 11) is 0. The average Bonchev–Trinajstić information content (AvgIpc) is 2.34. The Labute approximate surface area is 111 Å². The van der Waals surface area contributed by atoms with Gasteiger partial charge in [0.2, 0.25) is 0 Å². The average molecular weight is 285 g/mol. The Hall–Kier alpha value is -2.21. The third-order valence-corrected chi connectivity index (χ3v) is 2.55. The minimum atomic E-state index is -1.13. The molecule has 0 fully saturated rings. The number of ether oxygens (including phenoxy) is 1. The van der Waals surface area contributed by atoms with Crippen LogP contribution in [0.5, 0.6) is 5.75 Å². The van der Waals surface area contributed by atoms with Crippen molar-refractivity contribution in [3.05, 3.63) is 47.2 Å². The molecule has 2 N–H and O–H groups in total. The lowest BCUT2D eigenvalue weighted by molar-refractivity contribution is 0.211. The van der Waals surface area contributed by atoms with Crippen LogP contribution in [0.3, 0.4) is 0 Å². The molecule has 1 heterocycles. The fraction of sp³-hybridized carbons (Fsp3) is 0. The number of nitrogens with zero attached hydrogens (tertiary/aromatic N) is 1. The van der Waals surface area contributed by atoms with Gasteiger partial charge in [0.25, 0.3) is 0 Å². The first-order valence-corrected chi connectivity index (χ1v) is 5.44. The van der Waals surface area contributed by atoms with Gasteiger partial charge < -0.3 is 10.5 Å². The Bertz CT molecular complexity index is 650. The minimum Gasteiger partial charge on any atom is -0.407 e. The van der Waals surface area contributed by atoms with E-state index in [2.05, 4.69) is 9.72 Å². The smallest absolute Gasteiger partial charge is 0.407 e. The summed E-state index contributed by atoms with van der Waals surface area (Å²) < 4.78 is 31.6. The van der Waals surface area contributed by atoms with Gasteiger partial charge in [0.1, 0.15) is 11.6 Å². The minimum absolute atomic E-state index is 0.0794. The number of halogens is 3. The van der Waals surface area contributed by atoms with Crippen LogP contribution in [0.1, 0.15) is 0 Å². The molecule has 2 rings (SSSR count). The molecule has 0 bridgehead atoms. The van der Waals surface area contributed by atoms with E-state index in [1.54, 1.807) is 0 Å². The van der Waals surface area contributed by atoms with Crippen molar-refractivity contribution in [2.24, 2.45) is 5.73 Å². The highest BCUT2D eigenvalue weighted by molar-refractivity contribution is 6.31. The molecule has 1 amide bonds. The highest BCUT2D eigenvalue weighted by atomic mass is 35.5. The van der Waals surface area contributed by atoms with Crippen LogP contribution in [-0.4, -0.2) is 11.1 Å². The van der Waals surface area contributed by atoms with Gasteiger partial charge in [-0.05, 0) is 24.3 Å². The summed E-state index contributed by atoms with van der Waals surface area (Å²) in [6, 6.07) is 4.21. The van der Waals surface area contributed by atoms with Crippen LogP contribution >= 0.6 is 11.6 Å². The van der Waals surface area contributed by atoms with Gasteiger partial charge in [-0.25, -0.2) is 18.6 Å². The first-order valence-electron chi connectivity index (χ1n) is 5.06. The van der Waals surface area contributed by atoms with Crippen LogP contribution in [0.15, 0.2) is 30.5 Å². The molecular weight excluding hydrogens is 278 g/mol. The van der Waals surface area contributed by atoms with Crippen LogP contribution in [0, 0.1) is 11.6 Å². The number of rotatable bonds is 2. The zero-order valence-corrected chi connectivity index (χ0v) is 10.1. The molecule has 0 atom stereocenters. The molecule has 0 aliphatic heterocycles. The van der Waals surface area contributed by atoms with E-state index in [-0.39, 0.29) is 22.0 Å². The van der Waals surface area contributed by atoms with E-state index in [1.165, 1.54) is 12.3 Å². The molecule has 2 aromatic rings. The van der Waals surface area contributed by atoms with Crippen LogP contribution < -0.4 is 10.5 Å². The van der Waals surface area contributed by atoms with Gasteiger partial charge in [0.15, 0.2) is 10.9 Å². The molecule has 1 aromatic carbocycles. The first-order chi connectivity index (χ1) is 8.99. The summed E-state index contributed by atoms with van der Waals surface area (Å²) in [6.45, 7) is 0. The monoisotopic (exact) mass is 284 g/mol. The second-order valence-electron chi connectivity index (χ2n) is 3.52. The Morgan fingerprint density at radius 1 is 1.26 bits per heavy atom. The number of benzene rings is 1. The zero-order chi connectivity index (χ0) is 14.0. The van der Waals surface area contributed by atoms with Crippen molar-refractivity contribution in [2.45, 2.75) is 0 Å². The summed E-state index contributed by atoms with van der Waals surface area (Å²) in [5.74, 6) is -1.56. The number of hydrogen-bond acceptors (Lipinski definition) is 3. The van der Waals surface area contributed by atoms with Crippen LogP contribution in [0.25, 0.3) is 11.1 Å². The standard InChI is InChI=1S/C12H7ClF2N2O2/c13-11-10(19-12(16)18)7(3-4-17-11)8-5-6(14)1-2-9(8)15/h1-5H,(H2,16,18). The highest BCUT2D eigenvalue weighted by Crippen LogP contribution is 2.36. The number of nitrogens with two attached hydrogens (primary N) is 1. The van der Waals surface area contributed by atoms with Crippen molar-refractivity contribution >= 4 is 17.7 Å². The Morgan fingerprint density at radius 2 is 2.00 bits per heavy atom. The lowest BCUT2D eigenvalue weighted by atomic mass is 10.1. The summed E-state index contributed by atoms with van der Waals surface area (Å²) in [6.07, 6.45) is 0.142. The van der Waals surface area contributed by atoms with E-state index in [0.717, 1.165) is 18.2 Å². The summed E-state index contributed by atoms with van der Waals surface area (Å²) in [4.78, 5) is 14.5. The second kappa shape index (κ2) is 5.19. The Kier molecular flexibility index (Phi) is 3.62. The van der Waals surface area contributed by atoms with Crippen molar-refractivity contribution in [1.82, 2.24) is 4.98 Å². The van der Waals surface area contributed by atoms with Gasteiger partial charge in [-0.15, -0.1) is 0 Å². The van der Waals surface area contributed by atoms with Gasteiger partial charge in [-0.2, -0.15) is 0 Å². The molecule has 1 aromatic heterocycles. The van der Waals surface area contributed by atoms with E-state index in [4.69, 9.17) is 17.3 Å². The van der Waals surface area contributed by atoms with E-state index < -0.39 is 17.7 Å². The normalized spacial score (nSPS) is 10.3. The first kappa shape index (κ1) is 13.2. The van der Waals surface area contributed by atoms with Crippen LogP contribution in [0.4, 0.5) is 13.6 Å². The molecule has 98 valence electrons. The lowest BCUT2D eigenvalue weighted by Gasteiger charge is -2.10. The number of carbonyl (C=O) groups excluding carboxylic acids is 1. The van der Waals surface area contributed by atoms with Crippen LogP contribution in [0.2, 0.25) is 5.15 Å². The predicted molar refractivity (Wildman–Crippen MR) is 64.8 cm³/mol. The van der Waals surface area contributed by atoms with E-state index >= 15 is 0 Å². The number of carbonyl (C=O) groups is 1. The lowest BCUT2D eigenvalue weighted by Crippen LogP contribution is -2.17. The van der Waals surface area contributed by atoms with Crippen molar-refractivity contribution in [3.63, 3.8) is 0 Å². The molecular formula is C12H7ClF2N2O2. The van der Waals surface area contributed by atoms with Gasteiger partial charge in [-0.3, -0.25) is 0 Å². The summed E-state index contributed by atoms with van der Waals surface area (Å²) >= 11 is 5.76. The maximum atomic E-state index is 13.7. The van der Waals surface area contributed by atoms with Crippen molar-refractivity contribution < 1.29 is 18.3 Å². The second-order valence-corrected chi connectivity index (χ2v) is 3.88. The zero-order valence-electron chi connectivity index (χ0n) is 9.36. The van der Waals surface area contributed by atoms with E-state index in [1.807, 2.05) is 0 Å². The maximum Gasteiger partial charge on any atom is 0.410 e. The molecule has 0 spiro atoms. The number of amides is 1. The molecule has 0 unspecified atom stereocenters. The highest BCUT2D eigenvalue weighted by Gasteiger charge is 2.17. The third kappa shape index (κ3) is 2.79. The molecule has 7 heteroatoms. The quantitative estimate of drug-likeness (QED) is 0.862. The number of hydrogen-bond donors (Lipinski definition) is 1. The summed E-state index contributed by atoms with van der Waals surface area (Å²) in [5, 5.41) is -0.181. The van der Waals surface area contributed by atoms with E-state index in [0.29, 0.717) is 0 Å². The van der Waals surface area contributed by atoms with Crippen molar-refractivity contribution in [1.29, 1.82) is 0 Å². The third-order valence-electron chi connectivity index (χ3n) is 2.28. The molecule has 4 nitrogen and oxygen atoms in total. The molecule has 0 saturated carbocycles. The molecule has 0 saturated heterocycles. The predicted octanol–water partition coefficient (Wildman–Crippen LogP) is 3.14. The SMILES string of the molecule is NC(=O)Oc1c(-c2cc(F)ccc2F)ccnc1Cl. The molecule has 0 radical (unpaired) electrons. The van der Waals surface area contributed by atoms with Crippen LogP contribution in [-0.2, 0) is 0 Å². The number of primary amides is 1. The number of pyridine rings is 1. The Balaban J connectivity index is 2.64. The van der Waals surface area contributed by atoms with Gasteiger partial charge in [0.05, 0.1) is 0 Å². The molecule has 0 aliphatic rings. The molecule has 19 heavy (non-hydrogen) atoms. The van der Waals surface area contributed by atoms with Gasteiger partial charge in [0, 0.05) is 17.3 Å². The topological polar surface area (TPSA) is 65.2 Å². The largest absolute Gasteiger partial charge is 0.410 e. The molecule has 0 aliphatic carbocycles. The van der Waals surface area contributed by atoms with Crippen molar-refractivity contribution in [3.8, 4) is 16.9 Å². The maximum absolute atomic E-state index is 13.7. The summed E-state index contributed by atoms with van der Waals surface area (Å²) in [5.41, 5.74) is 4.86. The number of aromatic nitrogens is 1.